The second-order valence-corrected chi connectivity index (χ2v) is 6.87. The van der Waals surface area contributed by atoms with Crippen molar-refractivity contribution in [2.75, 3.05) is 6.61 Å². The van der Waals surface area contributed by atoms with Gasteiger partial charge in [-0.05, 0) is 38.8 Å². The summed E-state index contributed by atoms with van der Waals surface area (Å²) in [6, 6.07) is 8.47. The molecule has 1 aromatic heterocycles. The van der Waals surface area contributed by atoms with Crippen molar-refractivity contribution in [3.8, 4) is 0 Å². The molecular weight excluding hydrogens is 390 g/mol. The quantitative estimate of drug-likeness (QED) is 0.596. The molecule has 9 nitrogen and oxygen atoms in total. The lowest BCUT2D eigenvalue weighted by Gasteiger charge is -2.08. The van der Waals surface area contributed by atoms with Crippen LogP contribution < -0.4 is 10.6 Å². The number of carbonyl (C=O) groups excluding carboxylic acids is 4. The van der Waals surface area contributed by atoms with Crippen molar-refractivity contribution in [1.82, 2.24) is 15.6 Å². The number of aryl methyl sites for hydroxylation is 1. The van der Waals surface area contributed by atoms with Gasteiger partial charge in [-0.3, -0.25) is 10.1 Å². The van der Waals surface area contributed by atoms with E-state index in [2.05, 4.69) is 15.6 Å². The van der Waals surface area contributed by atoms with Gasteiger partial charge in [-0.2, -0.15) is 0 Å². The third-order valence-electron chi connectivity index (χ3n) is 4.07. The molecule has 0 spiro atoms. The van der Waals surface area contributed by atoms with Crippen molar-refractivity contribution in [1.29, 1.82) is 0 Å². The lowest BCUT2D eigenvalue weighted by Crippen LogP contribution is -2.41. The number of carbonyl (C=O) groups is 4. The molecule has 0 bridgehead atoms. The fraction of sp³-hybridized carbons (Fsp3) is 0.333. The second-order valence-electron chi connectivity index (χ2n) is 6.87. The van der Waals surface area contributed by atoms with Crippen LogP contribution >= 0.6 is 0 Å². The first kappa shape index (κ1) is 22.7. The fourth-order valence-electron chi connectivity index (χ4n) is 2.72. The summed E-state index contributed by atoms with van der Waals surface area (Å²) in [5.41, 5.74) is 1.99. The number of aromatic nitrogens is 1. The number of hydrogen-bond donors (Lipinski definition) is 3. The molecule has 0 aliphatic carbocycles. The van der Waals surface area contributed by atoms with Gasteiger partial charge in [0.15, 0.2) is 6.61 Å². The van der Waals surface area contributed by atoms with E-state index in [1.54, 1.807) is 27.7 Å². The van der Waals surface area contributed by atoms with Crippen LogP contribution in [0.1, 0.15) is 51.5 Å². The monoisotopic (exact) mass is 415 g/mol. The highest BCUT2D eigenvalue weighted by Gasteiger charge is 2.25. The van der Waals surface area contributed by atoms with E-state index in [1.807, 2.05) is 30.3 Å². The van der Waals surface area contributed by atoms with Gasteiger partial charge in [0, 0.05) is 12.2 Å². The molecule has 3 N–H and O–H groups in total. The summed E-state index contributed by atoms with van der Waals surface area (Å²) < 4.78 is 10.1. The zero-order chi connectivity index (χ0) is 22.3. The molecule has 3 amide bonds. The van der Waals surface area contributed by atoms with Crippen molar-refractivity contribution < 1.29 is 28.7 Å². The Morgan fingerprint density at radius 1 is 1.03 bits per heavy atom. The predicted octanol–water partition coefficient (Wildman–Crippen LogP) is 2.38. The first-order chi connectivity index (χ1) is 14.2. The van der Waals surface area contributed by atoms with Crippen molar-refractivity contribution >= 4 is 23.9 Å². The third kappa shape index (κ3) is 6.20. The Balaban J connectivity index is 1.87. The molecule has 9 heteroatoms. The Morgan fingerprint density at radius 2 is 1.70 bits per heavy atom. The van der Waals surface area contributed by atoms with E-state index in [-0.39, 0.29) is 23.9 Å². The minimum Gasteiger partial charge on any atom is -0.459 e. The largest absolute Gasteiger partial charge is 0.459 e. The Hall–Kier alpha value is -3.62. The summed E-state index contributed by atoms with van der Waals surface area (Å²) in [7, 11) is 0. The predicted molar refractivity (Wildman–Crippen MR) is 108 cm³/mol. The molecule has 0 aliphatic heterocycles. The summed E-state index contributed by atoms with van der Waals surface area (Å²) in [4.78, 5) is 50.9. The van der Waals surface area contributed by atoms with Crippen LogP contribution in [0.15, 0.2) is 30.3 Å². The van der Waals surface area contributed by atoms with Crippen molar-refractivity contribution in [3.63, 3.8) is 0 Å². The molecule has 160 valence electrons. The van der Waals surface area contributed by atoms with E-state index >= 15 is 0 Å². The highest BCUT2D eigenvalue weighted by Crippen LogP contribution is 2.20. The molecule has 2 aromatic rings. The van der Waals surface area contributed by atoms with Crippen molar-refractivity contribution in [2.45, 2.75) is 40.3 Å². The molecule has 2 rings (SSSR count). The van der Waals surface area contributed by atoms with Crippen LogP contribution in [0.5, 0.6) is 0 Å². The van der Waals surface area contributed by atoms with Crippen molar-refractivity contribution in [3.05, 3.63) is 58.4 Å². The Morgan fingerprint density at radius 3 is 2.33 bits per heavy atom. The SMILES string of the molecule is Cc1[nH]c(C(=O)OCC(=O)NC(=O)NCc2ccccc2)c(C)c1C(=O)OC(C)C. The molecule has 1 heterocycles. The number of aromatic amines is 1. The molecule has 0 fully saturated rings. The summed E-state index contributed by atoms with van der Waals surface area (Å²) in [6.45, 7) is 6.24. The van der Waals surface area contributed by atoms with E-state index < -0.39 is 30.5 Å². The fourth-order valence-corrected chi connectivity index (χ4v) is 2.72. The number of esters is 2. The van der Waals surface area contributed by atoms with E-state index in [0.29, 0.717) is 11.3 Å². The van der Waals surface area contributed by atoms with Crippen molar-refractivity contribution in [2.24, 2.45) is 0 Å². The third-order valence-corrected chi connectivity index (χ3v) is 4.07. The van der Waals surface area contributed by atoms with Gasteiger partial charge in [-0.25, -0.2) is 14.4 Å². The van der Waals surface area contributed by atoms with Gasteiger partial charge in [0.25, 0.3) is 5.91 Å². The number of rotatable bonds is 7. The number of benzene rings is 1. The van der Waals surface area contributed by atoms with Crippen LogP contribution in [0, 0.1) is 13.8 Å². The molecule has 0 aliphatic rings. The highest BCUT2D eigenvalue weighted by molar-refractivity contribution is 6.00. The van der Waals surface area contributed by atoms with E-state index in [1.165, 1.54) is 0 Å². The van der Waals surface area contributed by atoms with Crippen LogP contribution in [0.4, 0.5) is 4.79 Å². The van der Waals surface area contributed by atoms with Gasteiger partial charge in [0.1, 0.15) is 5.69 Å². The summed E-state index contributed by atoms with van der Waals surface area (Å²) in [5, 5.41) is 4.61. The number of ether oxygens (including phenoxy) is 2. The lowest BCUT2D eigenvalue weighted by molar-refractivity contribution is -0.123. The van der Waals surface area contributed by atoms with E-state index in [4.69, 9.17) is 9.47 Å². The molecular formula is C21H25N3O6. The summed E-state index contributed by atoms with van der Waals surface area (Å²) in [5.74, 6) is -2.16. The molecule has 1 aromatic carbocycles. The normalized spacial score (nSPS) is 10.4. The maximum Gasteiger partial charge on any atom is 0.355 e. The van der Waals surface area contributed by atoms with Crippen LogP contribution in [0.3, 0.4) is 0 Å². The molecule has 0 atom stereocenters. The average molecular weight is 415 g/mol. The maximum absolute atomic E-state index is 12.3. The van der Waals surface area contributed by atoms with Gasteiger partial charge in [-0.15, -0.1) is 0 Å². The molecule has 30 heavy (non-hydrogen) atoms. The average Bonchev–Trinajstić information content (AvgIpc) is 2.99. The number of amides is 3. The first-order valence-electron chi connectivity index (χ1n) is 9.38. The number of urea groups is 1. The van der Waals surface area contributed by atoms with Crippen LogP contribution in [0.2, 0.25) is 0 Å². The summed E-state index contributed by atoms with van der Waals surface area (Å²) in [6.07, 6.45) is -0.307. The number of H-pyrrole nitrogens is 1. The van der Waals surface area contributed by atoms with Gasteiger partial charge < -0.3 is 19.8 Å². The molecule has 0 saturated heterocycles. The number of hydrogen-bond acceptors (Lipinski definition) is 6. The number of imide groups is 1. The Bertz CT molecular complexity index is 934. The minimum atomic E-state index is -0.820. The standard InChI is InChI=1S/C21H25N3O6/c1-12(2)30-19(26)17-13(3)18(23-14(17)4)20(27)29-11-16(25)24-21(28)22-10-15-8-6-5-7-9-15/h5-9,12,23H,10-11H2,1-4H3,(H2,22,24,25,28). The highest BCUT2D eigenvalue weighted by atomic mass is 16.5. The molecule has 0 unspecified atom stereocenters. The minimum absolute atomic E-state index is 0.0459. The van der Waals surface area contributed by atoms with Crippen LogP contribution in [-0.2, 0) is 20.8 Å². The van der Waals surface area contributed by atoms with Crippen LogP contribution in [-0.4, -0.2) is 41.6 Å². The number of nitrogens with one attached hydrogen (secondary N) is 3. The Labute approximate surface area is 174 Å². The summed E-state index contributed by atoms with van der Waals surface area (Å²) >= 11 is 0. The van der Waals surface area contributed by atoms with Gasteiger partial charge >= 0.3 is 18.0 Å². The van der Waals surface area contributed by atoms with E-state index in [0.717, 1.165) is 5.56 Å². The van der Waals surface area contributed by atoms with Gasteiger partial charge in [0.2, 0.25) is 0 Å². The molecule has 0 saturated carbocycles. The van der Waals surface area contributed by atoms with Gasteiger partial charge in [0.05, 0.1) is 11.7 Å². The zero-order valence-electron chi connectivity index (χ0n) is 17.3. The maximum atomic E-state index is 12.3. The second kappa shape index (κ2) is 10.2. The smallest absolute Gasteiger partial charge is 0.355 e. The first-order valence-corrected chi connectivity index (χ1v) is 9.38. The van der Waals surface area contributed by atoms with Crippen LogP contribution in [0.25, 0.3) is 0 Å². The topological polar surface area (TPSA) is 127 Å². The Kier molecular flexibility index (Phi) is 7.74. The van der Waals surface area contributed by atoms with E-state index in [9.17, 15) is 19.2 Å². The lowest BCUT2D eigenvalue weighted by atomic mass is 10.1. The zero-order valence-corrected chi connectivity index (χ0v) is 17.3. The molecule has 0 radical (unpaired) electrons. The van der Waals surface area contributed by atoms with Gasteiger partial charge in [-0.1, -0.05) is 30.3 Å².